The maximum Gasteiger partial charge on any atom is 0.237 e. The molecule has 2 unspecified atom stereocenters. The molecule has 0 bridgehead atoms. The van der Waals surface area contributed by atoms with Crippen molar-refractivity contribution < 1.29 is 14.6 Å². The lowest BCUT2D eigenvalue weighted by atomic mass is 10.1. The van der Waals surface area contributed by atoms with Crippen molar-refractivity contribution in [1.29, 1.82) is 0 Å². The summed E-state index contributed by atoms with van der Waals surface area (Å²) in [5.74, 6) is 0.771. The summed E-state index contributed by atoms with van der Waals surface area (Å²) in [5, 5.41) is 13.3. The summed E-state index contributed by atoms with van der Waals surface area (Å²) in [6, 6.07) is 15.8. The Morgan fingerprint density at radius 3 is 2.78 bits per heavy atom. The lowest BCUT2D eigenvalue weighted by molar-refractivity contribution is -0.125. The van der Waals surface area contributed by atoms with Crippen molar-refractivity contribution in [3.05, 3.63) is 70.9 Å². The number of likely N-dealkylation sites (tertiary alicyclic amines) is 1. The Labute approximate surface area is 192 Å². The molecule has 3 aromatic rings. The lowest BCUT2D eigenvalue weighted by Crippen LogP contribution is -2.42. The first-order valence-corrected chi connectivity index (χ1v) is 11.8. The van der Waals surface area contributed by atoms with E-state index in [0.717, 1.165) is 28.1 Å². The molecule has 168 valence electrons. The first kappa shape index (κ1) is 22.5. The molecule has 4 rings (SSSR count). The first-order chi connectivity index (χ1) is 15.5. The Morgan fingerprint density at radius 1 is 1.25 bits per heavy atom. The predicted molar refractivity (Wildman–Crippen MR) is 127 cm³/mol. The van der Waals surface area contributed by atoms with Gasteiger partial charge in [-0.2, -0.15) is 0 Å². The number of aliphatic hydroxyl groups excluding tert-OH is 1. The molecule has 2 aromatic carbocycles. The average molecular weight is 452 g/mol. The smallest absolute Gasteiger partial charge is 0.237 e. The van der Waals surface area contributed by atoms with Gasteiger partial charge in [-0.05, 0) is 49.1 Å². The van der Waals surface area contributed by atoms with E-state index >= 15 is 0 Å². The highest BCUT2D eigenvalue weighted by Gasteiger charge is 2.35. The second-order valence-corrected chi connectivity index (χ2v) is 8.95. The van der Waals surface area contributed by atoms with Gasteiger partial charge in [-0.3, -0.25) is 9.69 Å². The second-order valence-electron chi connectivity index (χ2n) is 8.10. The molecule has 0 saturated carbocycles. The van der Waals surface area contributed by atoms with Gasteiger partial charge in [0.15, 0.2) is 0 Å². The predicted octanol–water partition coefficient (Wildman–Crippen LogP) is 3.77. The van der Waals surface area contributed by atoms with Gasteiger partial charge in [0.2, 0.25) is 5.91 Å². The van der Waals surface area contributed by atoms with Crippen molar-refractivity contribution in [2.45, 2.75) is 45.5 Å². The van der Waals surface area contributed by atoms with Gasteiger partial charge in [-0.15, -0.1) is 11.3 Å². The first-order valence-electron chi connectivity index (χ1n) is 10.9. The number of hydrogen-bond acceptors (Lipinski definition) is 6. The van der Waals surface area contributed by atoms with Gasteiger partial charge in [0, 0.05) is 19.6 Å². The van der Waals surface area contributed by atoms with E-state index in [1.165, 1.54) is 4.88 Å². The standard InChI is InChI=1S/C25H29N3O3S/c1-3-31-22-6-4-5-19(11-22)14-28-15-21(29)12-23(28)25(30)26-13-18-7-9-20(10-8-18)24-17(2)27-16-32-24/h4-11,16,21,23,29H,3,12-15H2,1-2H3,(H,26,30). The van der Waals surface area contributed by atoms with Crippen molar-refractivity contribution in [3.63, 3.8) is 0 Å². The number of benzene rings is 2. The molecular weight excluding hydrogens is 422 g/mol. The van der Waals surface area contributed by atoms with Crippen molar-refractivity contribution in [2.24, 2.45) is 0 Å². The highest BCUT2D eigenvalue weighted by molar-refractivity contribution is 7.13. The summed E-state index contributed by atoms with van der Waals surface area (Å²) in [6.07, 6.45) is -0.0524. The summed E-state index contributed by atoms with van der Waals surface area (Å²) in [6.45, 7) is 6.12. The van der Waals surface area contributed by atoms with Crippen LogP contribution in [-0.2, 0) is 17.9 Å². The third-order valence-electron chi connectivity index (χ3n) is 5.71. The molecule has 1 aliphatic rings. The molecule has 1 aromatic heterocycles. The number of aliphatic hydroxyl groups is 1. The van der Waals surface area contributed by atoms with Crippen LogP contribution < -0.4 is 10.1 Å². The zero-order chi connectivity index (χ0) is 22.5. The number of carbonyl (C=O) groups excluding carboxylic acids is 1. The quantitative estimate of drug-likeness (QED) is 0.545. The third-order valence-corrected chi connectivity index (χ3v) is 6.69. The molecule has 0 radical (unpaired) electrons. The largest absolute Gasteiger partial charge is 0.494 e. The number of ether oxygens (including phenoxy) is 1. The zero-order valence-corrected chi connectivity index (χ0v) is 19.3. The number of aryl methyl sites for hydroxylation is 1. The number of carbonyl (C=O) groups is 1. The third kappa shape index (κ3) is 5.35. The molecule has 7 heteroatoms. The van der Waals surface area contributed by atoms with Crippen LogP contribution in [0.3, 0.4) is 0 Å². The van der Waals surface area contributed by atoms with Crippen LogP contribution >= 0.6 is 11.3 Å². The fraction of sp³-hybridized carbons (Fsp3) is 0.360. The Hall–Kier alpha value is -2.74. The van der Waals surface area contributed by atoms with Crippen LogP contribution in [0, 0.1) is 6.92 Å². The van der Waals surface area contributed by atoms with E-state index < -0.39 is 6.10 Å². The number of nitrogens with zero attached hydrogens (tertiary/aromatic N) is 2. The summed E-state index contributed by atoms with van der Waals surface area (Å²) >= 11 is 1.63. The number of nitrogens with one attached hydrogen (secondary N) is 1. The number of amides is 1. The molecule has 2 heterocycles. The Morgan fingerprint density at radius 2 is 2.06 bits per heavy atom. The SMILES string of the molecule is CCOc1cccc(CN2CC(O)CC2C(=O)NCc2ccc(-c3scnc3C)cc2)c1. The molecule has 1 amide bonds. The van der Waals surface area contributed by atoms with Crippen molar-refractivity contribution in [2.75, 3.05) is 13.2 Å². The summed E-state index contributed by atoms with van der Waals surface area (Å²) in [5.41, 5.74) is 6.13. The number of hydrogen-bond donors (Lipinski definition) is 2. The highest BCUT2D eigenvalue weighted by atomic mass is 32.1. The fourth-order valence-electron chi connectivity index (χ4n) is 4.12. The van der Waals surface area contributed by atoms with Gasteiger partial charge in [-0.1, -0.05) is 36.4 Å². The Balaban J connectivity index is 1.36. The molecule has 1 fully saturated rings. The summed E-state index contributed by atoms with van der Waals surface area (Å²) in [7, 11) is 0. The van der Waals surface area contributed by atoms with Crippen LogP contribution in [-0.4, -0.2) is 46.2 Å². The molecular formula is C25H29N3O3S. The van der Waals surface area contributed by atoms with Gasteiger partial charge in [0.05, 0.1) is 34.8 Å². The van der Waals surface area contributed by atoms with Crippen LogP contribution in [0.15, 0.2) is 54.0 Å². The maximum atomic E-state index is 12.9. The molecule has 6 nitrogen and oxygen atoms in total. The minimum Gasteiger partial charge on any atom is -0.494 e. The van der Waals surface area contributed by atoms with E-state index in [1.54, 1.807) is 11.3 Å². The van der Waals surface area contributed by atoms with Gasteiger partial charge in [0.1, 0.15) is 5.75 Å². The van der Waals surface area contributed by atoms with Gasteiger partial charge in [-0.25, -0.2) is 4.98 Å². The number of rotatable bonds is 8. The van der Waals surface area contributed by atoms with E-state index in [2.05, 4.69) is 22.4 Å². The van der Waals surface area contributed by atoms with E-state index in [1.807, 2.05) is 60.7 Å². The minimum atomic E-state index is -0.497. The number of thiazole rings is 1. The highest BCUT2D eigenvalue weighted by Crippen LogP contribution is 2.27. The number of aromatic nitrogens is 1. The van der Waals surface area contributed by atoms with Gasteiger partial charge < -0.3 is 15.2 Å². The lowest BCUT2D eigenvalue weighted by Gasteiger charge is -2.23. The van der Waals surface area contributed by atoms with E-state index in [4.69, 9.17) is 4.74 Å². The second kappa shape index (κ2) is 10.3. The van der Waals surface area contributed by atoms with Gasteiger partial charge >= 0.3 is 0 Å². The van der Waals surface area contributed by atoms with E-state index in [0.29, 0.717) is 32.7 Å². The van der Waals surface area contributed by atoms with E-state index in [9.17, 15) is 9.90 Å². The molecule has 2 atom stereocenters. The molecule has 0 aliphatic carbocycles. The maximum absolute atomic E-state index is 12.9. The van der Waals surface area contributed by atoms with Crippen LogP contribution in [0.1, 0.15) is 30.2 Å². The van der Waals surface area contributed by atoms with Crippen LogP contribution in [0.4, 0.5) is 0 Å². The van der Waals surface area contributed by atoms with Crippen molar-refractivity contribution in [3.8, 4) is 16.2 Å². The van der Waals surface area contributed by atoms with Crippen LogP contribution in [0.5, 0.6) is 5.75 Å². The number of β-amino-alcohol motifs (C(OH)–C–C–N with tert-alkyl or cyclic N) is 1. The molecule has 0 spiro atoms. The summed E-state index contributed by atoms with van der Waals surface area (Å²) < 4.78 is 5.58. The van der Waals surface area contributed by atoms with Crippen LogP contribution in [0.25, 0.3) is 10.4 Å². The van der Waals surface area contributed by atoms with Crippen molar-refractivity contribution in [1.82, 2.24) is 15.2 Å². The topological polar surface area (TPSA) is 74.7 Å². The molecule has 1 aliphatic heterocycles. The van der Waals surface area contributed by atoms with Gasteiger partial charge in [0.25, 0.3) is 0 Å². The van der Waals surface area contributed by atoms with Crippen LogP contribution in [0.2, 0.25) is 0 Å². The zero-order valence-electron chi connectivity index (χ0n) is 18.5. The Kier molecular flexibility index (Phi) is 7.19. The monoisotopic (exact) mass is 451 g/mol. The summed E-state index contributed by atoms with van der Waals surface area (Å²) in [4.78, 5) is 20.5. The van der Waals surface area contributed by atoms with E-state index in [-0.39, 0.29) is 11.9 Å². The minimum absolute atomic E-state index is 0.0510. The fourth-order valence-corrected chi connectivity index (χ4v) is 4.93. The molecule has 32 heavy (non-hydrogen) atoms. The van der Waals surface area contributed by atoms with Crippen molar-refractivity contribution >= 4 is 17.2 Å². The average Bonchev–Trinajstić information content (AvgIpc) is 3.38. The molecule has 1 saturated heterocycles. The molecule has 2 N–H and O–H groups in total. The normalized spacial score (nSPS) is 18.6. The Bertz CT molecular complexity index is 1050.